The molecule has 8 heteroatoms. The van der Waals surface area contributed by atoms with Crippen molar-refractivity contribution in [3.63, 3.8) is 0 Å². The van der Waals surface area contributed by atoms with E-state index in [1.54, 1.807) is 7.11 Å². The number of carbonyl (C=O) groups excluding carboxylic acids is 3. The van der Waals surface area contributed by atoms with Crippen LogP contribution in [0.4, 0.5) is 4.79 Å². The first kappa shape index (κ1) is 23.5. The van der Waals surface area contributed by atoms with Crippen molar-refractivity contribution < 1.29 is 19.1 Å². The number of benzene rings is 1. The number of nitrogens with one attached hydrogen (secondary N) is 2. The predicted molar refractivity (Wildman–Crippen MR) is 125 cm³/mol. The van der Waals surface area contributed by atoms with Gasteiger partial charge < -0.3 is 20.3 Å². The summed E-state index contributed by atoms with van der Waals surface area (Å²) in [6.45, 7) is 3.36. The van der Waals surface area contributed by atoms with Crippen molar-refractivity contribution in [2.75, 3.05) is 33.3 Å². The number of ether oxygens (including phenoxy) is 1. The number of imide groups is 1. The van der Waals surface area contributed by atoms with E-state index in [0.29, 0.717) is 31.3 Å². The Kier molecular flexibility index (Phi) is 7.85. The zero-order valence-electron chi connectivity index (χ0n) is 19.6. The molecule has 8 nitrogen and oxygen atoms in total. The second kappa shape index (κ2) is 11.0. The van der Waals surface area contributed by atoms with Gasteiger partial charge >= 0.3 is 6.03 Å². The molecule has 0 unspecified atom stereocenters. The van der Waals surface area contributed by atoms with E-state index >= 15 is 0 Å². The molecule has 4 amide bonds. The SMILES string of the molecule is COc1ccccc1CCN1C(=O)N[C@@H](CCC(=O)NC[C@H]2CCCN3CCCC[C@@H]23)C1=O. The molecule has 0 aliphatic carbocycles. The van der Waals surface area contributed by atoms with Crippen LogP contribution in [0.3, 0.4) is 0 Å². The number of fused-ring (bicyclic) bond motifs is 1. The smallest absolute Gasteiger partial charge is 0.324 e. The number of methoxy groups -OCH3 is 1. The molecule has 0 spiro atoms. The molecule has 0 radical (unpaired) electrons. The number of piperidine rings is 2. The van der Waals surface area contributed by atoms with Crippen molar-refractivity contribution in [2.45, 2.75) is 63.5 Å². The highest BCUT2D eigenvalue weighted by Gasteiger charge is 2.38. The maximum atomic E-state index is 12.7. The minimum Gasteiger partial charge on any atom is -0.496 e. The molecule has 4 rings (SSSR count). The molecule has 3 atom stereocenters. The van der Waals surface area contributed by atoms with Crippen LogP contribution in [-0.2, 0) is 16.0 Å². The monoisotopic (exact) mass is 456 g/mol. The summed E-state index contributed by atoms with van der Waals surface area (Å²) in [6, 6.07) is 7.16. The highest BCUT2D eigenvalue weighted by Crippen LogP contribution is 2.30. The first-order valence-electron chi connectivity index (χ1n) is 12.3. The standard InChI is InChI=1S/C25H36N4O4/c1-33-22-10-3-2-7-18(22)13-16-29-24(31)20(27-25(29)32)11-12-23(30)26-17-19-8-6-15-28-14-5-4-9-21(19)28/h2-3,7,10,19-21H,4-6,8-9,11-17H2,1H3,(H,26,30)(H,27,32)/t19-,20+,21+/m1/s1. The number of amides is 4. The van der Waals surface area contributed by atoms with Gasteiger partial charge in [0, 0.05) is 25.6 Å². The molecule has 3 heterocycles. The lowest BCUT2D eigenvalue weighted by Gasteiger charge is -2.44. The topological polar surface area (TPSA) is 91.0 Å². The summed E-state index contributed by atoms with van der Waals surface area (Å²) in [7, 11) is 1.60. The molecule has 3 aliphatic heterocycles. The molecule has 3 saturated heterocycles. The third-order valence-electron chi connectivity index (χ3n) is 7.35. The lowest BCUT2D eigenvalue weighted by atomic mass is 9.83. The van der Waals surface area contributed by atoms with E-state index in [-0.39, 0.29) is 30.8 Å². The van der Waals surface area contributed by atoms with Crippen LogP contribution in [0.2, 0.25) is 0 Å². The summed E-state index contributed by atoms with van der Waals surface area (Å²) in [4.78, 5) is 41.4. The molecule has 0 bridgehead atoms. The fourth-order valence-corrected chi connectivity index (χ4v) is 5.55. The molecule has 33 heavy (non-hydrogen) atoms. The van der Waals surface area contributed by atoms with E-state index in [4.69, 9.17) is 4.74 Å². The Labute approximate surface area is 196 Å². The molecule has 180 valence electrons. The Bertz CT molecular complexity index is 859. The summed E-state index contributed by atoms with van der Waals surface area (Å²) in [5.74, 6) is 0.957. The first-order chi connectivity index (χ1) is 16.1. The molecule has 1 aromatic rings. The van der Waals surface area contributed by atoms with Gasteiger partial charge in [-0.2, -0.15) is 0 Å². The van der Waals surface area contributed by atoms with Gasteiger partial charge in [0.25, 0.3) is 5.91 Å². The summed E-state index contributed by atoms with van der Waals surface area (Å²) < 4.78 is 5.35. The molecule has 0 aromatic heterocycles. The zero-order chi connectivity index (χ0) is 23.2. The average Bonchev–Trinajstić information content (AvgIpc) is 3.12. The number of carbonyl (C=O) groups is 3. The van der Waals surface area contributed by atoms with Crippen molar-refractivity contribution >= 4 is 17.8 Å². The van der Waals surface area contributed by atoms with Crippen molar-refractivity contribution in [3.05, 3.63) is 29.8 Å². The molecular weight excluding hydrogens is 420 g/mol. The maximum absolute atomic E-state index is 12.7. The van der Waals surface area contributed by atoms with E-state index in [2.05, 4.69) is 15.5 Å². The Hall–Kier alpha value is -2.61. The van der Waals surface area contributed by atoms with E-state index in [1.165, 1.54) is 50.1 Å². The largest absolute Gasteiger partial charge is 0.496 e. The van der Waals surface area contributed by atoms with Crippen LogP contribution in [-0.4, -0.2) is 73.0 Å². The van der Waals surface area contributed by atoms with Gasteiger partial charge in [0.15, 0.2) is 0 Å². The van der Waals surface area contributed by atoms with E-state index < -0.39 is 6.04 Å². The number of nitrogens with zero attached hydrogens (tertiary/aromatic N) is 2. The van der Waals surface area contributed by atoms with Gasteiger partial charge in [-0.15, -0.1) is 0 Å². The predicted octanol–water partition coefficient (Wildman–Crippen LogP) is 2.32. The van der Waals surface area contributed by atoms with Crippen molar-refractivity contribution in [1.82, 2.24) is 20.4 Å². The Balaban J connectivity index is 1.21. The maximum Gasteiger partial charge on any atom is 0.324 e. The van der Waals surface area contributed by atoms with Crippen LogP contribution >= 0.6 is 0 Å². The van der Waals surface area contributed by atoms with Crippen molar-refractivity contribution in [1.29, 1.82) is 0 Å². The number of hydrogen-bond donors (Lipinski definition) is 2. The fourth-order valence-electron chi connectivity index (χ4n) is 5.55. The Morgan fingerprint density at radius 1 is 1.15 bits per heavy atom. The van der Waals surface area contributed by atoms with Crippen LogP contribution in [0, 0.1) is 5.92 Å². The van der Waals surface area contributed by atoms with Crippen LogP contribution in [0.5, 0.6) is 5.75 Å². The molecule has 2 N–H and O–H groups in total. The van der Waals surface area contributed by atoms with Gasteiger partial charge in [-0.25, -0.2) is 4.79 Å². The number of urea groups is 1. The van der Waals surface area contributed by atoms with Gasteiger partial charge in [-0.1, -0.05) is 24.6 Å². The molecular formula is C25H36N4O4. The van der Waals surface area contributed by atoms with Gasteiger partial charge in [-0.05, 0) is 69.2 Å². The number of rotatable bonds is 9. The van der Waals surface area contributed by atoms with Crippen LogP contribution in [0.1, 0.15) is 50.5 Å². The molecule has 3 aliphatic rings. The minimum absolute atomic E-state index is 0.0440. The van der Waals surface area contributed by atoms with E-state index in [0.717, 1.165) is 11.3 Å². The number of para-hydroxylation sites is 1. The molecule has 1 aromatic carbocycles. The van der Waals surface area contributed by atoms with Gasteiger partial charge in [-0.3, -0.25) is 14.5 Å². The normalized spacial score (nSPS) is 25.5. The Morgan fingerprint density at radius 3 is 2.82 bits per heavy atom. The van der Waals surface area contributed by atoms with E-state index in [1.807, 2.05) is 24.3 Å². The van der Waals surface area contributed by atoms with Crippen LogP contribution in [0.15, 0.2) is 24.3 Å². The van der Waals surface area contributed by atoms with Crippen molar-refractivity contribution in [3.8, 4) is 5.75 Å². The van der Waals surface area contributed by atoms with Gasteiger partial charge in [0.05, 0.1) is 7.11 Å². The third kappa shape index (κ3) is 5.66. The van der Waals surface area contributed by atoms with Crippen LogP contribution < -0.4 is 15.4 Å². The first-order valence-corrected chi connectivity index (χ1v) is 12.3. The summed E-state index contributed by atoms with van der Waals surface area (Å²) >= 11 is 0. The lowest BCUT2D eigenvalue weighted by Crippen LogP contribution is -2.51. The van der Waals surface area contributed by atoms with E-state index in [9.17, 15) is 14.4 Å². The second-order valence-electron chi connectivity index (χ2n) is 9.40. The number of hydrogen-bond acceptors (Lipinski definition) is 5. The highest BCUT2D eigenvalue weighted by molar-refractivity contribution is 6.04. The van der Waals surface area contributed by atoms with Gasteiger partial charge in [0.2, 0.25) is 5.91 Å². The zero-order valence-corrected chi connectivity index (χ0v) is 19.6. The van der Waals surface area contributed by atoms with Crippen molar-refractivity contribution in [2.24, 2.45) is 5.92 Å². The van der Waals surface area contributed by atoms with Crippen LogP contribution in [0.25, 0.3) is 0 Å². The second-order valence-corrected chi connectivity index (χ2v) is 9.40. The summed E-state index contributed by atoms with van der Waals surface area (Å²) in [6.07, 6.45) is 7.24. The molecule has 0 saturated carbocycles. The van der Waals surface area contributed by atoms with Gasteiger partial charge in [0.1, 0.15) is 11.8 Å². The summed E-state index contributed by atoms with van der Waals surface area (Å²) in [5, 5.41) is 5.83. The summed E-state index contributed by atoms with van der Waals surface area (Å²) in [5.41, 5.74) is 0.947. The lowest BCUT2D eigenvalue weighted by molar-refractivity contribution is -0.127. The fraction of sp³-hybridized carbons (Fsp3) is 0.640. The quantitative estimate of drug-likeness (QED) is 0.557. The highest BCUT2D eigenvalue weighted by atomic mass is 16.5. The average molecular weight is 457 g/mol. The third-order valence-corrected chi connectivity index (χ3v) is 7.35. The Morgan fingerprint density at radius 2 is 1.97 bits per heavy atom. The molecule has 3 fully saturated rings. The minimum atomic E-state index is -0.635.